The monoisotopic (exact) mass is 355 g/mol. The van der Waals surface area contributed by atoms with Crippen LogP contribution in [0.1, 0.15) is 12.1 Å². The topological polar surface area (TPSA) is 45.2 Å². The molecule has 1 fully saturated rings. The van der Waals surface area contributed by atoms with Crippen LogP contribution in [0.25, 0.3) is 0 Å². The molecule has 1 aliphatic rings. The maximum absolute atomic E-state index is 12.7. The summed E-state index contributed by atoms with van der Waals surface area (Å²) >= 11 is 5.93. The van der Waals surface area contributed by atoms with Crippen LogP contribution in [-0.2, 0) is 11.0 Å². The molecule has 1 N–H and O–H groups in total. The van der Waals surface area contributed by atoms with Gasteiger partial charge < -0.3 is 10.2 Å². The summed E-state index contributed by atoms with van der Waals surface area (Å²) in [5, 5.41) is 3.29. The highest BCUT2D eigenvalue weighted by molar-refractivity contribution is 6.31. The molecule has 1 aromatic carbocycles. The summed E-state index contributed by atoms with van der Waals surface area (Å²) < 4.78 is 38.1. The van der Waals surface area contributed by atoms with Gasteiger partial charge in [-0.2, -0.15) is 13.2 Å². The number of anilines is 2. The molecule has 0 spiro atoms. The molecule has 126 valence electrons. The molecular formula is C16H13ClF3N3O. The Labute approximate surface area is 141 Å². The highest BCUT2D eigenvalue weighted by atomic mass is 35.5. The first-order valence-corrected chi connectivity index (χ1v) is 7.60. The Kier molecular flexibility index (Phi) is 4.36. The maximum Gasteiger partial charge on any atom is 0.433 e. The number of alkyl halides is 3. The Morgan fingerprint density at radius 2 is 1.96 bits per heavy atom. The standard InChI is InChI=1S/C16H13ClF3N3O/c17-10-3-1-4-11(9-10)23-8-7-12(15(23)24)21-14-6-2-5-13(22-14)16(18,19)20/h1-6,9,12H,7-8H2,(H,21,22). The van der Waals surface area contributed by atoms with Crippen molar-refractivity contribution in [3.05, 3.63) is 53.2 Å². The van der Waals surface area contributed by atoms with Gasteiger partial charge in [0.05, 0.1) is 0 Å². The van der Waals surface area contributed by atoms with Crippen molar-refractivity contribution in [1.82, 2.24) is 4.98 Å². The van der Waals surface area contributed by atoms with E-state index in [9.17, 15) is 18.0 Å². The number of hydrogen-bond acceptors (Lipinski definition) is 3. The summed E-state index contributed by atoms with van der Waals surface area (Å²) in [6, 6.07) is 9.80. The highest BCUT2D eigenvalue weighted by Gasteiger charge is 2.35. The summed E-state index contributed by atoms with van der Waals surface area (Å²) in [5.41, 5.74) is -0.335. The third kappa shape index (κ3) is 3.46. The number of hydrogen-bond donors (Lipinski definition) is 1. The predicted octanol–water partition coefficient (Wildman–Crippen LogP) is 3.97. The molecule has 1 aromatic heterocycles. The second-order valence-electron chi connectivity index (χ2n) is 5.36. The number of benzene rings is 1. The molecule has 1 aliphatic heterocycles. The van der Waals surface area contributed by atoms with E-state index in [2.05, 4.69) is 10.3 Å². The first kappa shape index (κ1) is 16.6. The summed E-state index contributed by atoms with van der Waals surface area (Å²) in [6.07, 6.45) is -4.06. The molecular weight excluding hydrogens is 343 g/mol. The van der Waals surface area contributed by atoms with Crippen molar-refractivity contribution < 1.29 is 18.0 Å². The quantitative estimate of drug-likeness (QED) is 0.906. The van der Waals surface area contributed by atoms with Gasteiger partial charge in [0.15, 0.2) is 0 Å². The van der Waals surface area contributed by atoms with E-state index in [1.54, 1.807) is 29.2 Å². The number of aromatic nitrogens is 1. The molecule has 1 amide bonds. The van der Waals surface area contributed by atoms with Crippen molar-refractivity contribution >= 4 is 29.0 Å². The maximum atomic E-state index is 12.7. The van der Waals surface area contributed by atoms with Crippen molar-refractivity contribution in [2.75, 3.05) is 16.8 Å². The fourth-order valence-corrected chi connectivity index (χ4v) is 2.75. The molecule has 24 heavy (non-hydrogen) atoms. The van der Waals surface area contributed by atoms with E-state index in [0.717, 1.165) is 6.07 Å². The van der Waals surface area contributed by atoms with E-state index in [1.165, 1.54) is 12.1 Å². The number of halogens is 4. The van der Waals surface area contributed by atoms with Crippen molar-refractivity contribution in [3.63, 3.8) is 0 Å². The Hall–Kier alpha value is -2.28. The van der Waals surface area contributed by atoms with E-state index in [0.29, 0.717) is 23.7 Å². The van der Waals surface area contributed by atoms with E-state index in [1.807, 2.05) is 0 Å². The summed E-state index contributed by atoms with van der Waals surface area (Å²) in [4.78, 5) is 17.6. The molecule has 2 aromatic rings. The molecule has 0 aliphatic carbocycles. The lowest BCUT2D eigenvalue weighted by molar-refractivity contribution is -0.141. The van der Waals surface area contributed by atoms with Crippen molar-refractivity contribution in [2.45, 2.75) is 18.6 Å². The van der Waals surface area contributed by atoms with Crippen LogP contribution >= 0.6 is 11.6 Å². The molecule has 1 unspecified atom stereocenters. The Morgan fingerprint density at radius 1 is 1.21 bits per heavy atom. The van der Waals surface area contributed by atoms with Gasteiger partial charge in [-0.3, -0.25) is 4.79 Å². The molecule has 0 radical (unpaired) electrons. The van der Waals surface area contributed by atoms with Gasteiger partial charge in [-0.05, 0) is 36.8 Å². The van der Waals surface area contributed by atoms with Crippen LogP contribution in [0.4, 0.5) is 24.7 Å². The Bertz CT molecular complexity index is 766. The third-order valence-corrected chi connectivity index (χ3v) is 3.92. The second kappa shape index (κ2) is 6.32. The van der Waals surface area contributed by atoms with Gasteiger partial charge in [0.25, 0.3) is 0 Å². The molecule has 0 saturated carbocycles. The van der Waals surface area contributed by atoms with Gasteiger partial charge in [0.2, 0.25) is 5.91 Å². The van der Waals surface area contributed by atoms with Crippen LogP contribution < -0.4 is 10.2 Å². The van der Waals surface area contributed by atoms with Crippen molar-refractivity contribution in [2.24, 2.45) is 0 Å². The Morgan fingerprint density at radius 3 is 2.67 bits per heavy atom. The van der Waals surface area contributed by atoms with Crippen LogP contribution in [0, 0.1) is 0 Å². The number of carbonyl (C=O) groups is 1. The van der Waals surface area contributed by atoms with Crippen LogP contribution in [-0.4, -0.2) is 23.5 Å². The third-order valence-electron chi connectivity index (χ3n) is 3.69. The van der Waals surface area contributed by atoms with Crippen LogP contribution in [0.5, 0.6) is 0 Å². The van der Waals surface area contributed by atoms with Gasteiger partial charge in [0.1, 0.15) is 17.6 Å². The first-order valence-electron chi connectivity index (χ1n) is 7.22. The first-order chi connectivity index (χ1) is 11.3. The minimum absolute atomic E-state index is 0.0242. The summed E-state index contributed by atoms with van der Waals surface area (Å²) in [6.45, 7) is 0.454. The number of pyridine rings is 1. The van der Waals surface area contributed by atoms with Crippen molar-refractivity contribution in [3.8, 4) is 0 Å². The number of rotatable bonds is 3. The SMILES string of the molecule is O=C1C(Nc2cccc(C(F)(F)F)n2)CCN1c1cccc(Cl)c1. The van der Waals surface area contributed by atoms with E-state index >= 15 is 0 Å². The second-order valence-corrected chi connectivity index (χ2v) is 5.80. The van der Waals surface area contributed by atoms with Gasteiger partial charge in [0, 0.05) is 17.3 Å². The fraction of sp³-hybridized carbons (Fsp3) is 0.250. The van der Waals surface area contributed by atoms with E-state index in [4.69, 9.17) is 11.6 Å². The smallest absolute Gasteiger partial charge is 0.358 e. The van der Waals surface area contributed by atoms with Crippen molar-refractivity contribution in [1.29, 1.82) is 0 Å². The molecule has 8 heteroatoms. The molecule has 1 saturated heterocycles. The summed E-state index contributed by atoms with van der Waals surface area (Å²) in [5.74, 6) is -0.201. The van der Waals surface area contributed by atoms with E-state index in [-0.39, 0.29) is 11.7 Å². The van der Waals surface area contributed by atoms with Gasteiger partial charge in [-0.1, -0.05) is 23.7 Å². The lowest BCUT2D eigenvalue weighted by atomic mass is 10.2. The highest BCUT2D eigenvalue weighted by Crippen LogP contribution is 2.29. The Balaban J connectivity index is 1.75. The van der Waals surface area contributed by atoms with Crippen LogP contribution in [0.3, 0.4) is 0 Å². The van der Waals surface area contributed by atoms with Gasteiger partial charge in [-0.15, -0.1) is 0 Å². The fourth-order valence-electron chi connectivity index (χ4n) is 2.57. The number of amides is 1. The number of nitrogens with one attached hydrogen (secondary N) is 1. The zero-order chi connectivity index (χ0) is 17.3. The van der Waals surface area contributed by atoms with Crippen LogP contribution in [0.2, 0.25) is 5.02 Å². The zero-order valence-corrected chi connectivity index (χ0v) is 13.1. The predicted molar refractivity (Wildman–Crippen MR) is 85.1 cm³/mol. The zero-order valence-electron chi connectivity index (χ0n) is 12.3. The lowest BCUT2D eigenvalue weighted by Crippen LogP contribution is -2.33. The average Bonchev–Trinajstić information content (AvgIpc) is 2.88. The largest absolute Gasteiger partial charge is 0.433 e. The number of carbonyl (C=O) groups excluding carboxylic acids is 1. The molecule has 0 bridgehead atoms. The normalized spacial score (nSPS) is 18.1. The van der Waals surface area contributed by atoms with Gasteiger partial charge >= 0.3 is 6.18 Å². The molecule has 4 nitrogen and oxygen atoms in total. The van der Waals surface area contributed by atoms with Crippen LogP contribution in [0.15, 0.2) is 42.5 Å². The average molecular weight is 356 g/mol. The van der Waals surface area contributed by atoms with Gasteiger partial charge in [-0.25, -0.2) is 4.98 Å². The van der Waals surface area contributed by atoms with E-state index < -0.39 is 17.9 Å². The summed E-state index contributed by atoms with van der Waals surface area (Å²) in [7, 11) is 0. The molecule has 1 atom stereocenters. The minimum Gasteiger partial charge on any atom is -0.358 e. The minimum atomic E-state index is -4.52. The molecule has 2 heterocycles. The number of nitrogens with zero attached hydrogens (tertiary/aromatic N) is 2. The lowest BCUT2D eigenvalue weighted by Gasteiger charge is -2.18. The molecule has 3 rings (SSSR count).